The summed E-state index contributed by atoms with van der Waals surface area (Å²) in [6, 6.07) is 21.2. The van der Waals surface area contributed by atoms with E-state index in [1.807, 2.05) is 0 Å². The van der Waals surface area contributed by atoms with Crippen molar-refractivity contribution in [3.63, 3.8) is 0 Å². The smallest absolute Gasteiger partial charge is 0.352 e. The standard InChI is InChI=1S/C20H23OSi/c1-17(18-11-5-2-6-12-18)21-22(19-13-7-3-8-14-19)20-15-9-4-10-16-20/h3-4,7-10,13-16,18H,1-2,5-6,11-12H2. The van der Waals surface area contributed by atoms with Gasteiger partial charge in [0.05, 0.1) is 5.76 Å². The van der Waals surface area contributed by atoms with Crippen LogP contribution in [0.2, 0.25) is 0 Å². The van der Waals surface area contributed by atoms with Crippen molar-refractivity contribution in [3.05, 3.63) is 73.0 Å². The molecule has 3 rings (SSSR count). The van der Waals surface area contributed by atoms with Gasteiger partial charge in [0.2, 0.25) is 0 Å². The molecule has 0 spiro atoms. The van der Waals surface area contributed by atoms with Gasteiger partial charge >= 0.3 is 9.04 Å². The quantitative estimate of drug-likeness (QED) is 0.601. The summed E-state index contributed by atoms with van der Waals surface area (Å²) in [5, 5.41) is 2.58. The summed E-state index contributed by atoms with van der Waals surface area (Å²) < 4.78 is 6.47. The van der Waals surface area contributed by atoms with Gasteiger partial charge in [0.1, 0.15) is 0 Å². The molecule has 22 heavy (non-hydrogen) atoms. The molecular weight excluding hydrogens is 284 g/mol. The Morgan fingerprint density at radius 3 is 1.82 bits per heavy atom. The van der Waals surface area contributed by atoms with Crippen LogP contribution < -0.4 is 10.4 Å². The van der Waals surface area contributed by atoms with Crippen LogP contribution in [-0.2, 0) is 4.43 Å². The molecule has 2 heteroatoms. The van der Waals surface area contributed by atoms with E-state index < -0.39 is 9.04 Å². The lowest BCUT2D eigenvalue weighted by Crippen LogP contribution is -2.45. The van der Waals surface area contributed by atoms with Crippen LogP contribution >= 0.6 is 0 Å². The second kappa shape index (κ2) is 7.46. The van der Waals surface area contributed by atoms with Gasteiger partial charge in [0.15, 0.2) is 0 Å². The summed E-state index contributed by atoms with van der Waals surface area (Å²) in [6.07, 6.45) is 6.45. The molecular formula is C20H23OSi. The first-order valence-corrected chi connectivity index (χ1v) is 9.60. The molecule has 0 aliphatic heterocycles. The molecule has 0 bridgehead atoms. The van der Waals surface area contributed by atoms with Gasteiger partial charge in [-0.2, -0.15) is 0 Å². The van der Waals surface area contributed by atoms with Crippen LogP contribution in [0.3, 0.4) is 0 Å². The Hall–Kier alpha value is -1.80. The second-order valence-electron chi connectivity index (χ2n) is 5.96. The average molecular weight is 307 g/mol. The van der Waals surface area contributed by atoms with Gasteiger partial charge in [-0.15, -0.1) is 0 Å². The van der Waals surface area contributed by atoms with E-state index in [4.69, 9.17) is 4.43 Å². The van der Waals surface area contributed by atoms with E-state index >= 15 is 0 Å². The van der Waals surface area contributed by atoms with Gasteiger partial charge in [-0.25, -0.2) is 0 Å². The van der Waals surface area contributed by atoms with E-state index in [9.17, 15) is 0 Å². The minimum atomic E-state index is -1.25. The van der Waals surface area contributed by atoms with Gasteiger partial charge in [-0.05, 0) is 23.2 Å². The number of benzene rings is 2. The largest absolute Gasteiger partial charge is 0.536 e. The minimum absolute atomic E-state index is 0.543. The van der Waals surface area contributed by atoms with Crippen molar-refractivity contribution in [2.45, 2.75) is 32.1 Å². The van der Waals surface area contributed by atoms with Gasteiger partial charge in [-0.3, -0.25) is 0 Å². The highest BCUT2D eigenvalue weighted by Gasteiger charge is 2.25. The zero-order valence-electron chi connectivity index (χ0n) is 13.0. The first-order chi connectivity index (χ1) is 10.8. The lowest BCUT2D eigenvalue weighted by Gasteiger charge is -2.27. The summed E-state index contributed by atoms with van der Waals surface area (Å²) >= 11 is 0. The third kappa shape index (κ3) is 3.69. The van der Waals surface area contributed by atoms with Crippen molar-refractivity contribution in [1.29, 1.82) is 0 Å². The maximum atomic E-state index is 6.47. The molecule has 2 aromatic carbocycles. The first kappa shape index (κ1) is 15.1. The molecule has 1 fully saturated rings. The highest BCUT2D eigenvalue weighted by molar-refractivity contribution is 6.80. The summed E-state index contributed by atoms with van der Waals surface area (Å²) in [6.45, 7) is 4.27. The molecule has 0 aromatic heterocycles. The van der Waals surface area contributed by atoms with Crippen LogP contribution in [0.15, 0.2) is 73.0 Å². The van der Waals surface area contributed by atoms with Crippen LogP contribution in [0, 0.1) is 5.92 Å². The van der Waals surface area contributed by atoms with Crippen LogP contribution in [-0.4, -0.2) is 9.04 Å². The van der Waals surface area contributed by atoms with Crippen LogP contribution in [0.25, 0.3) is 0 Å². The summed E-state index contributed by atoms with van der Waals surface area (Å²) in [4.78, 5) is 0. The molecule has 113 valence electrons. The Bertz CT molecular complexity index is 548. The monoisotopic (exact) mass is 307 g/mol. The Balaban J connectivity index is 1.81. The molecule has 2 aromatic rings. The zero-order valence-corrected chi connectivity index (χ0v) is 14.0. The van der Waals surface area contributed by atoms with Gasteiger partial charge in [0, 0.05) is 5.92 Å². The number of allylic oxidation sites excluding steroid dienone is 1. The molecule has 0 N–H and O–H groups in total. The fourth-order valence-electron chi connectivity index (χ4n) is 3.10. The number of hydrogen-bond acceptors (Lipinski definition) is 1. The van der Waals surface area contributed by atoms with E-state index in [0.29, 0.717) is 5.92 Å². The summed E-state index contributed by atoms with van der Waals surface area (Å²) in [7, 11) is -1.25. The Kier molecular flexibility index (Phi) is 5.12. The molecule has 0 atom stereocenters. The van der Waals surface area contributed by atoms with Crippen molar-refractivity contribution in [3.8, 4) is 0 Å². The van der Waals surface area contributed by atoms with E-state index in [0.717, 1.165) is 5.76 Å². The van der Waals surface area contributed by atoms with Gasteiger partial charge < -0.3 is 4.43 Å². The van der Waals surface area contributed by atoms with Crippen LogP contribution in [0.5, 0.6) is 0 Å². The lowest BCUT2D eigenvalue weighted by atomic mass is 9.88. The Labute approximate surface area is 135 Å². The Morgan fingerprint density at radius 2 is 1.32 bits per heavy atom. The predicted molar refractivity (Wildman–Crippen MR) is 94.7 cm³/mol. The molecule has 0 saturated heterocycles. The molecule has 0 heterocycles. The van der Waals surface area contributed by atoms with Gasteiger partial charge in [0.25, 0.3) is 0 Å². The molecule has 0 unspecified atom stereocenters. The highest BCUT2D eigenvalue weighted by atomic mass is 28.3. The molecule has 1 saturated carbocycles. The van der Waals surface area contributed by atoms with Crippen LogP contribution in [0.4, 0.5) is 0 Å². The molecule has 1 nitrogen and oxygen atoms in total. The third-order valence-electron chi connectivity index (χ3n) is 4.37. The topological polar surface area (TPSA) is 9.23 Å². The van der Waals surface area contributed by atoms with E-state index in [1.54, 1.807) is 0 Å². The zero-order chi connectivity index (χ0) is 15.2. The SMILES string of the molecule is C=C(O[Si](c1ccccc1)c1ccccc1)C1CCCCC1. The lowest BCUT2D eigenvalue weighted by molar-refractivity contribution is 0.298. The van der Waals surface area contributed by atoms with Gasteiger partial charge in [-0.1, -0.05) is 86.5 Å². The number of hydrogen-bond donors (Lipinski definition) is 0. The third-order valence-corrected chi connectivity index (χ3v) is 6.55. The highest BCUT2D eigenvalue weighted by Crippen LogP contribution is 2.29. The maximum absolute atomic E-state index is 6.47. The fourth-order valence-corrected chi connectivity index (χ4v) is 5.09. The van der Waals surface area contributed by atoms with Crippen molar-refractivity contribution in [1.82, 2.24) is 0 Å². The normalized spacial score (nSPS) is 15.7. The second-order valence-corrected chi connectivity index (χ2v) is 7.98. The van der Waals surface area contributed by atoms with Crippen molar-refractivity contribution in [2.24, 2.45) is 5.92 Å². The molecule has 1 aliphatic rings. The first-order valence-electron chi connectivity index (χ1n) is 8.19. The summed E-state index contributed by atoms with van der Waals surface area (Å²) in [5.74, 6) is 1.54. The molecule has 0 amide bonds. The fraction of sp³-hybridized carbons (Fsp3) is 0.300. The predicted octanol–water partition coefficient (Wildman–Crippen LogP) is 3.90. The van der Waals surface area contributed by atoms with Crippen molar-refractivity contribution < 1.29 is 4.43 Å². The molecule has 1 aliphatic carbocycles. The summed E-state index contributed by atoms with van der Waals surface area (Å²) in [5.41, 5.74) is 0. The van der Waals surface area contributed by atoms with E-state index in [2.05, 4.69) is 67.2 Å². The average Bonchev–Trinajstić information content (AvgIpc) is 2.62. The maximum Gasteiger partial charge on any atom is 0.352 e. The van der Waals surface area contributed by atoms with Crippen molar-refractivity contribution in [2.75, 3.05) is 0 Å². The van der Waals surface area contributed by atoms with Crippen molar-refractivity contribution >= 4 is 19.4 Å². The molecule has 1 radical (unpaired) electrons. The number of rotatable bonds is 5. The Morgan fingerprint density at radius 1 is 0.818 bits per heavy atom. The van der Waals surface area contributed by atoms with E-state index in [-0.39, 0.29) is 0 Å². The minimum Gasteiger partial charge on any atom is -0.536 e. The van der Waals surface area contributed by atoms with E-state index in [1.165, 1.54) is 42.5 Å². The van der Waals surface area contributed by atoms with Crippen LogP contribution in [0.1, 0.15) is 32.1 Å².